The largest absolute Gasteiger partial charge is 0.433 e. The minimum atomic E-state index is -4.49. The molecule has 1 aromatic heterocycles. The van der Waals surface area contributed by atoms with Gasteiger partial charge in [0.25, 0.3) is 0 Å². The maximum atomic E-state index is 12.7. The molecule has 1 aliphatic heterocycles. The van der Waals surface area contributed by atoms with Crippen LogP contribution in [-0.2, 0) is 6.18 Å². The fraction of sp³-hybridized carbons (Fsp3) is 0.538. The lowest BCUT2D eigenvalue weighted by Gasteiger charge is -2.33. The first-order valence-corrected chi connectivity index (χ1v) is 6.02. The first-order valence-electron chi connectivity index (χ1n) is 6.02. The molecule has 0 spiro atoms. The Bertz CT molecular complexity index is 529. The molecular weight excluding hydrogens is 255 g/mol. The van der Waals surface area contributed by atoms with Crippen molar-refractivity contribution < 1.29 is 13.2 Å². The Kier molecular flexibility index (Phi) is 3.17. The van der Waals surface area contributed by atoms with E-state index in [1.165, 1.54) is 6.07 Å². The Labute approximate surface area is 109 Å². The molecule has 102 valence electrons. The molecule has 1 aromatic rings. The lowest BCUT2D eigenvalue weighted by Crippen LogP contribution is -2.39. The number of anilines is 1. The van der Waals surface area contributed by atoms with Crippen molar-refractivity contribution >= 4 is 5.82 Å². The van der Waals surface area contributed by atoms with Crippen molar-refractivity contribution in [3.8, 4) is 6.07 Å². The number of aromatic nitrogens is 1. The monoisotopic (exact) mass is 269 g/mol. The summed E-state index contributed by atoms with van der Waals surface area (Å²) in [5, 5.41) is 9.04. The summed E-state index contributed by atoms with van der Waals surface area (Å²) in [5.74, 6) is 0.139. The Morgan fingerprint density at radius 3 is 2.53 bits per heavy atom. The SMILES string of the molecule is CC1(C)CCCN1c1nc(C(F)(F)F)ccc1C#N. The minimum Gasteiger partial charge on any atom is -0.350 e. The van der Waals surface area contributed by atoms with Crippen molar-refractivity contribution in [3.05, 3.63) is 23.4 Å². The van der Waals surface area contributed by atoms with Crippen LogP contribution < -0.4 is 4.90 Å². The fourth-order valence-electron chi connectivity index (χ4n) is 2.40. The summed E-state index contributed by atoms with van der Waals surface area (Å²) in [6, 6.07) is 3.96. The van der Waals surface area contributed by atoms with Gasteiger partial charge in [0, 0.05) is 12.1 Å². The second kappa shape index (κ2) is 4.41. The zero-order chi connectivity index (χ0) is 14.3. The van der Waals surface area contributed by atoms with Crippen LogP contribution in [0.1, 0.15) is 37.9 Å². The van der Waals surface area contributed by atoms with E-state index < -0.39 is 11.9 Å². The van der Waals surface area contributed by atoms with E-state index in [9.17, 15) is 13.2 Å². The van der Waals surface area contributed by atoms with E-state index >= 15 is 0 Å². The van der Waals surface area contributed by atoms with Crippen LogP contribution in [0.4, 0.5) is 19.0 Å². The number of alkyl halides is 3. The predicted octanol–water partition coefficient (Wildman–Crippen LogP) is 3.35. The topological polar surface area (TPSA) is 39.9 Å². The Hall–Kier alpha value is -1.77. The van der Waals surface area contributed by atoms with Crippen LogP contribution >= 0.6 is 0 Å². The maximum absolute atomic E-state index is 12.7. The Balaban J connectivity index is 2.52. The molecular formula is C13H14F3N3. The lowest BCUT2D eigenvalue weighted by molar-refractivity contribution is -0.141. The molecule has 3 nitrogen and oxygen atoms in total. The average Bonchev–Trinajstić information content (AvgIpc) is 2.66. The molecule has 2 heterocycles. The third-order valence-electron chi connectivity index (χ3n) is 3.44. The molecule has 1 saturated heterocycles. The average molecular weight is 269 g/mol. The van der Waals surface area contributed by atoms with Gasteiger partial charge in [0.15, 0.2) is 0 Å². The highest BCUT2D eigenvalue weighted by Gasteiger charge is 2.37. The van der Waals surface area contributed by atoms with Crippen molar-refractivity contribution in [2.75, 3.05) is 11.4 Å². The van der Waals surface area contributed by atoms with E-state index in [1.54, 1.807) is 4.90 Å². The van der Waals surface area contributed by atoms with Crippen molar-refractivity contribution in [2.24, 2.45) is 0 Å². The third-order valence-corrected chi connectivity index (χ3v) is 3.44. The zero-order valence-electron chi connectivity index (χ0n) is 10.8. The number of hydrogen-bond acceptors (Lipinski definition) is 3. The van der Waals surface area contributed by atoms with E-state index in [1.807, 2.05) is 19.9 Å². The molecule has 19 heavy (non-hydrogen) atoms. The summed E-state index contributed by atoms with van der Waals surface area (Å²) >= 11 is 0. The molecule has 0 amide bonds. The Morgan fingerprint density at radius 2 is 2.05 bits per heavy atom. The van der Waals surface area contributed by atoms with Crippen LogP contribution in [0.25, 0.3) is 0 Å². The van der Waals surface area contributed by atoms with Gasteiger partial charge in [0.1, 0.15) is 17.6 Å². The number of nitrogens with zero attached hydrogens (tertiary/aromatic N) is 3. The quantitative estimate of drug-likeness (QED) is 0.785. The summed E-state index contributed by atoms with van der Waals surface area (Å²) in [5.41, 5.74) is -1.05. The molecule has 1 aliphatic rings. The molecule has 0 saturated carbocycles. The smallest absolute Gasteiger partial charge is 0.350 e. The highest BCUT2D eigenvalue weighted by Crippen LogP contribution is 2.36. The number of hydrogen-bond donors (Lipinski definition) is 0. The summed E-state index contributed by atoms with van der Waals surface area (Å²) in [4.78, 5) is 5.46. The van der Waals surface area contributed by atoms with E-state index in [0.717, 1.165) is 18.9 Å². The Morgan fingerprint density at radius 1 is 1.37 bits per heavy atom. The molecule has 0 radical (unpaired) electrons. The number of halogens is 3. The van der Waals surface area contributed by atoms with E-state index in [2.05, 4.69) is 4.98 Å². The van der Waals surface area contributed by atoms with Crippen molar-refractivity contribution in [3.63, 3.8) is 0 Å². The molecule has 2 rings (SSSR count). The van der Waals surface area contributed by atoms with Gasteiger partial charge in [-0.05, 0) is 38.8 Å². The van der Waals surface area contributed by atoms with Gasteiger partial charge in [-0.15, -0.1) is 0 Å². The summed E-state index contributed by atoms with van der Waals surface area (Å²) in [6.07, 6.45) is -2.74. The molecule has 0 aromatic carbocycles. The maximum Gasteiger partial charge on any atom is 0.433 e. The van der Waals surface area contributed by atoms with Gasteiger partial charge in [-0.3, -0.25) is 0 Å². The van der Waals surface area contributed by atoms with E-state index in [0.29, 0.717) is 6.54 Å². The van der Waals surface area contributed by atoms with Gasteiger partial charge in [-0.25, -0.2) is 4.98 Å². The second-order valence-electron chi connectivity index (χ2n) is 5.24. The van der Waals surface area contributed by atoms with Crippen molar-refractivity contribution in [1.29, 1.82) is 5.26 Å². The number of nitriles is 1. The predicted molar refractivity (Wildman–Crippen MR) is 64.6 cm³/mol. The van der Waals surface area contributed by atoms with Crippen LogP contribution in [0.3, 0.4) is 0 Å². The van der Waals surface area contributed by atoms with Crippen LogP contribution in [0, 0.1) is 11.3 Å². The zero-order valence-corrected chi connectivity index (χ0v) is 10.8. The molecule has 0 N–H and O–H groups in total. The minimum absolute atomic E-state index is 0.139. The van der Waals surface area contributed by atoms with Gasteiger partial charge < -0.3 is 4.90 Å². The summed E-state index contributed by atoms with van der Waals surface area (Å²) in [6.45, 7) is 4.52. The van der Waals surface area contributed by atoms with Gasteiger partial charge >= 0.3 is 6.18 Å². The van der Waals surface area contributed by atoms with Gasteiger partial charge in [0.05, 0.1) is 5.56 Å². The third kappa shape index (κ3) is 2.50. The fourth-order valence-corrected chi connectivity index (χ4v) is 2.40. The first-order chi connectivity index (χ1) is 8.75. The molecule has 1 fully saturated rings. The first kappa shape index (κ1) is 13.7. The number of rotatable bonds is 1. The van der Waals surface area contributed by atoms with Crippen LogP contribution in [0.15, 0.2) is 12.1 Å². The highest BCUT2D eigenvalue weighted by molar-refractivity contribution is 5.56. The van der Waals surface area contributed by atoms with Crippen LogP contribution in [0.5, 0.6) is 0 Å². The van der Waals surface area contributed by atoms with E-state index in [4.69, 9.17) is 5.26 Å². The van der Waals surface area contributed by atoms with Crippen molar-refractivity contribution in [1.82, 2.24) is 4.98 Å². The second-order valence-corrected chi connectivity index (χ2v) is 5.24. The summed E-state index contributed by atoms with van der Waals surface area (Å²) < 4.78 is 38.2. The highest BCUT2D eigenvalue weighted by atomic mass is 19.4. The number of pyridine rings is 1. The molecule has 0 aliphatic carbocycles. The molecule has 0 unspecified atom stereocenters. The van der Waals surface area contributed by atoms with Gasteiger partial charge in [0.2, 0.25) is 0 Å². The van der Waals surface area contributed by atoms with E-state index in [-0.39, 0.29) is 16.9 Å². The molecule has 6 heteroatoms. The lowest BCUT2D eigenvalue weighted by atomic mass is 10.0. The van der Waals surface area contributed by atoms with Gasteiger partial charge in [-0.2, -0.15) is 18.4 Å². The molecule has 0 atom stereocenters. The van der Waals surface area contributed by atoms with Crippen LogP contribution in [0.2, 0.25) is 0 Å². The van der Waals surface area contributed by atoms with Crippen LogP contribution in [-0.4, -0.2) is 17.1 Å². The molecule has 0 bridgehead atoms. The normalized spacial score (nSPS) is 18.4. The summed E-state index contributed by atoms with van der Waals surface area (Å²) in [7, 11) is 0. The standard InChI is InChI=1S/C13H14F3N3/c1-12(2)6-3-7-19(12)11-9(8-17)4-5-10(18-11)13(14,15)16/h4-5H,3,6-7H2,1-2H3. The van der Waals surface area contributed by atoms with Gasteiger partial charge in [-0.1, -0.05) is 0 Å². The van der Waals surface area contributed by atoms with Crippen molar-refractivity contribution in [2.45, 2.75) is 38.4 Å².